The predicted octanol–water partition coefficient (Wildman–Crippen LogP) is 4.86. The summed E-state index contributed by atoms with van der Waals surface area (Å²) in [6, 6.07) is 9.30. The minimum absolute atomic E-state index is 0.0780. The van der Waals surface area contributed by atoms with E-state index in [1.54, 1.807) is 37.3 Å². The van der Waals surface area contributed by atoms with Gasteiger partial charge in [0.1, 0.15) is 5.75 Å². The molecule has 0 unspecified atom stereocenters. The number of para-hydroxylation sites is 1. The van der Waals surface area contributed by atoms with Gasteiger partial charge < -0.3 is 9.84 Å². The first-order valence-electron chi connectivity index (χ1n) is 5.98. The van der Waals surface area contributed by atoms with E-state index in [9.17, 15) is 15.2 Å². The van der Waals surface area contributed by atoms with E-state index < -0.39 is 11.0 Å². The van der Waals surface area contributed by atoms with Crippen molar-refractivity contribution >= 4 is 33.2 Å². The van der Waals surface area contributed by atoms with Crippen molar-refractivity contribution in [1.29, 1.82) is 0 Å². The van der Waals surface area contributed by atoms with E-state index in [4.69, 9.17) is 16.3 Å². The van der Waals surface area contributed by atoms with Gasteiger partial charge in [0.15, 0.2) is 0 Å². The topological polar surface area (TPSA) is 72.6 Å². The van der Waals surface area contributed by atoms with E-state index in [2.05, 4.69) is 15.9 Å². The lowest BCUT2D eigenvalue weighted by atomic mass is 10.1. The number of aliphatic hydroxyl groups excluding tert-OH is 1. The minimum atomic E-state index is -0.658. The van der Waals surface area contributed by atoms with Crippen LogP contribution in [0.5, 0.6) is 11.5 Å². The van der Waals surface area contributed by atoms with Gasteiger partial charge in [-0.2, -0.15) is 0 Å². The summed E-state index contributed by atoms with van der Waals surface area (Å²) in [6.45, 7) is 1.62. The van der Waals surface area contributed by atoms with Crippen LogP contribution in [0.3, 0.4) is 0 Å². The van der Waals surface area contributed by atoms with Gasteiger partial charge >= 0.3 is 5.69 Å². The third-order valence-corrected chi connectivity index (χ3v) is 3.71. The molecule has 2 rings (SSSR count). The van der Waals surface area contributed by atoms with Crippen molar-refractivity contribution in [3.05, 3.63) is 61.6 Å². The van der Waals surface area contributed by atoms with Crippen molar-refractivity contribution in [2.24, 2.45) is 0 Å². The number of nitro groups is 1. The quantitative estimate of drug-likeness (QED) is 0.614. The van der Waals surface area contributed by atoms with Crippen LogP contribution in [0.2, 0.25) is 5.02 Å². The fraction of sp³-hybridized carbons (Fsp3) is 0.143. The lowest BCUT2D eigenvalue weighted by molar-refractivity contribution is -0.385. The molecule has 0 bridgehead atoms. The fourth-order valence-corrected chi connectivity index (χ4v) is 2.38. The number of rotatable bonds is 4. The third kappa shape index (κ3) is 3.53. The average molecular weight is 373 g/mol. The zero-order valence-electron chi connectivity index (χ0n) is 10.9. The zero-order chi connectivity index (χ0) is 15.6. The molecule has 1 N–H and O–H groups in total. The summed E-state index contributed by atoms with van der Waals surface area (Å²) in [5, 5.41) is 20.8. The Bertz CT molecular complexity index is 691. The summed E-state index contributed by atoms with van der Waals surface area (Å²) < 4.78 is 6.02. The molecule has 5 nitrogen and oxygen atoms in total. The van der Waals surface area contributed by atoms with Crippen molar-refractivity contribution in [3.8, 4) is 11.5 Å². The highest BCUT2D eigenvalue weighted by atomic mass is 79.9. The maximum Gasteiger partial charge on any atom is 0.312 e. The normalized spacial score (nSPS) is 12.0. The maximum absolute atomic E-state index is 11.0. The number of benzene rings is 2. The van der Waals surface area contributed by atoms with Crippen molar-refractivity contribution in [1.82, 2.24) is 0 Å². The Kier molecular flexibility index (Phi) is 4.82. The van der Waals surface area contributed by atoms with Crippen molar-refractivity contribution in [2.75, 3.05) is 0 Å². The fourth-order valence-electron chi connectivity index (χ4n) is 1.71. The highest BCUT2D eigenvalue weighted by Gasteiger charge is 2.20. The molecule has 2 aromatic carbocycles. The van der Waals surface area contributed by atoms with Gasteiger partial charge in [0.05, 0.1) is 20.5 Å². The van der Waals surface area contributed by atoms with Crippen LogP contribution in [0.15, 0.2) is 40.9 Å². The number of nitrogens with zero attached hydrogens (tertiary/aromatic N) is 1. The molecule has 0 aliphatic heterocycles. The van der Waals surface area contributed by atoms with Gasteiger partial charge in [-0.1, -0.05) is 23.7 Å². The molecule has 0 amide bonds. The summed E-state index contributed by atoms with van der Waals surface area (Å²) >= 11 is 9.31. The van der Waals surface area contributed by atoms with Crippen LogP contribution in [0, 0.1) is 10.1 Å². The van der Waals surface area contributed by atoms with Crippen LogP contribution < -0.4 is 4.74 Å². The number of nitro benzene ring substituents is 1. The second-order valence-corrected chi connectivity index (χ2v) is 5.57. The molecule has 0 radical (unpaired) electrons. The van der Waals surface area contributed by atoms with Crippen LogP contribution in [-0.2, 0) is 0 Å². The van der Waals surface area contributed by atoms with Crippen LogP contribution in [0.1, 0.15) is 18.6 Å². The molecule has 0 aliphatic carbocycles. The molecular formula is C14H11BrClNO4. The first-order valence-corrected chi connectivity index (χ1v) is 7.15. The molecule has 0 heterocycles. The predicted molar refractivity (Wildman–Crippen MR) is 83.0 cm³/mol. The van der Waals surface area contributed by atoms with Crippen LogP contribution >= 0.6 is 27.5 Å². The highest BCUT2D eigenvalue weighted by Crippen LogP contribution is 2.40. The van der Waals surface area contributed by atoms with E-state index in [1.807, 2.05) is 0 Å². The molecule has 0 fully saturated rings. The number of hydrogen-bond acceptors (Lipinski definition) is 4. The molecule has 1 atom stereocenters. The zero-order valence-corrected chi connectivity index (χ0v) is 13.3. The van der Waals surface area contributed by atoms with Crippen LogP contribution in [-0.4, -0.2) is 10.0 Å². The molecule has 0 aromatic heterocycles. The largest absolute Gasteiger partial charge is 0.447 e. The van der Waals surface area contributed by atoms with E-state index in [1.165, 1.54) is 6.07 Å². The standard InChI is InChI=1S/C14H11BrClNO4/c1-8(18)9-5-6-13(11(16)7-9)21-14-10(15)3-2-4-12(14)17(19)20/h2-8,18H,1H3/t8-/m0/s1. The molecule has 110 valence electrons. The molecule has 7 heteroatoms. The van der Waals surface area contributed by atoms with Gasteiger partial charge in [-0.25, -0.2) is 0 Å². The summed E-state index contributed by atoms with van der Waals surface area (Å²) in [6.07, 6.45) is -0.658. The van der Waals surface area contributed by atoms with E-state index in [0.717, 1.165) is 0 Å². The van der Waals surface area contributed by atoms with Crippen molar-refractivity contribution < 1.29 is 14.8 Å². The molecule has 0 saturated heterocycles. The molecule has 0 saturated carbocycles. The second kappa shape index (κ2) is 6.43. The third-order valence-electron chi connectivity index (χ3n) is 2.79. The first-order chi connectivity index (χ1) is 9.90. The highest BCUT2D eigenvalue weighted by molar-refractivity contribution is 9.10. The lowest BCUT2D eigenvalue weighted by Gasteiger charge is -2.11. The number of ether oxygens (including phenoxy) is 1. The Hall–Kier alpha value is -1.63. The first kappa shape index (κ1) is 15.8. The SMILES string of the molecule is C[C@H](O)c1ccc(Oc2c(Br)cccc2[N+](=O)[O-])c(Cl)c1. The Morgan fingerprint density at radius 3 is 2.67 bits per heavy atom. The number of halogens is 2. The second-order valence-electron chi connectivity index (χ2n) is 4.31. The van der Waals surface area contributed by atoms with Crippen molar-refractivity contribution in [2.45, 2.75) is 13.0 Å². The summed E-state index contributed by atoms with van der Waals surface area (Å²) in [7, 11) is 0. The van der Waals surface area contributed by atoms with Crippen LogP contribution in [0.25, 0.3) is 0 Å². The summed E-state index contributed by atoms with van der Waals surface area (Å²) in [4.78, 5) is 10.5. The Morgan fingerprint density at radius 1 is 1.38 bits per heavy atom. The Labute approximate surface area is 134 Å². The summed E-state index contributed by atoms with van der Waals surface area (Å²) in [5.74, 6) is 0.352. The minimum Gasteiger partial charge on any atom is -0.447 e. The van der Waals surface area contributed by atoms with Crippen LogP contribution in [0.4, 0.5) is 5.69 Å². The lowest BCUT2D eigenvalue weighted by Crippen LogP contribution is -1.96. The number of hydrogen-bond donors (Lipinski definition) is 1. The molecule has 0 aliphatic rings. The van der Waals surface area contributed by atoms with Crippen molar-refractivity contribution in [3.63, 3.8) is 0 Å². The Balaban J connectivity index is 2.41. The van der Waals surface area contributed by atoms with E-state index in [-0.39, 0.29) is 22.2 Å². The maximum atomic E-state index is 11.0. The van der Waals surface area contributed by atoms with E-state index in [0.29, 0.717) is 10.0 Å². The van der Waals surface area contributed by atoms with Gasteiger partial charge in [0, 0.05) is 6.07 Å². The molecule has 2 aromatic rings. The Morgan fingerprint density at radius 2 is 2.10 bits per heavy atom. The average Bonchev–Trinajstić information content (AvgIpc) is 2.42. The smallest absolute Gasteiger partial charge is 0.312 e. The molecular weight excluding hydrogens is 362 g/mol. The van der Waals surface area contributed by atoms with Gasteiger partial charge in [-0.15, -0.1) is 0 Å². The van der Waals surface area contributed by atoms with E-state index >= 15 is 0 Å². The van der Waals surface area contributed by atoms with Gasteiger partial charge in [-0.05, 0) is 46.6 Å². The summed E-state index contributed by atoms with van der Waals surface area (Å²) in [5.41, 5.74) is 0.467. The van der Waals surface area contributed by atoms with Gasteiger partial charge in [0.25, 0.3) is 0 Å². The molecule has 21 heavy (non-hydrogen) atoms. The van der Waals surface area contributed by atoms with Gasteiger partial charge in [-0.3, -0.25) is 10.1 Å². The monoisotopic (exact) mass is 371 g/mol. The van der Waals surface area contributed by atoms with Gasteiger partial charge in [0.2, 0.25) is 5.75 Å². The number of aliphatic hydroxyl groups is 1. The molecule has 0 spiro atoms.